The van der Waals surface area contributed by atoms with Crippen LogP contribution in [-0.4, -0.2) is 17.9 Å². The van der Waals surface area contributed by atoms with Gasteiger partial charge in [0.25, 0.3) is 0 Å². The average molecular weight is 333 g/mol. The molecule has 0 saturated heterocycles. The van der Waals surface area contributed by atoms with Crippen LogP contribution < -0.4 is 0 Å². The van der Waals surface area contributed by atoms with Crippen LogP contribution in [-0.2, 0) is 17.8 Å². The predicted octanol–water partition coefficient (Wildman–Crippen LogP) is 4.07. The van der Waals surface area contributed by atoms with Crippen molar-refractivity contribution < 1.29 is 4.79 Å². The molecule has 112 valence electrons. The van der Waals surface area contributed by atoms with E-state index < -0.39 is 0 Å². The predicted molar refractivity (Wildman–Crippen MR) is 87.8 cm³/mol. The summed E-state index contributed by atoms with van der Waals surface area (Å²) in [7, 11) is 1.74. The van der Waals surface area contributed by atoms with Crippen molar-refractivity contribution in [2.45, 2.75) is 13.0 Å². The average Bonchev–Trinajstić information content (AvgIpc) is 2.50. The molecule has 0 aromatic heterocycles. The molecule has 2 aromatic carbocycles. The molecule has 2 rings (SSSR count). The molecule has 2 aromatic rings. The topological polar surface area (TPSA) is 44.1 Å². The zero-order chi connectivity index (χ0) is 16.1. The van der Waals surface area contributed by atoms with Gasteiger partial charge in [-0.15, -0.1) is 0 Å². The highest BCUT2D eigenvalue weighted by Crippen LogP contribution is 2.22. The number of rotatable bonds is 4. The van der Waals surface area contributed by atoms with Crippen LogP contribution in [0.25, 0.3) is 0 Å². The van der Waals surface area contributed by atoms with Gasteiger partial charge in [0.15, 0.2) is 0 Å². The van der Waals surface area contributed by atoms with Gasteiger partial charge >= 0.3 is 0 Å². The molecule has 0 aliphatic carbocycles. The molecule has 0 N–H and O–H groups in total. The van der Waals surface area contributed by atoms with Crippen LogP contribution in [0.15, 0.2) is 42.5 Å². The number of likely N-dealkylation sites (N-methyl/N-ethyl adjacent to an activating group) is 1. The monoisotopic (exact) mass is 332 g/mol. The van der Waals surface area contributed by atoms with Crippen LogP contribution in [0.5, 0.6) is 0 Å². The minimum atomic E-state index is -0.0337. The van der Waals surface area contributed by atoms with E-state index in [1.165, 1.54) is 0 Å². The van der Waals surface area contributed by atoms with Crippen molar-refractivity contribution in [3.63, 3.8) is 0 Å². The number of nitriles is 1. The Balaban J connectivity index is 2.01. The van der Waals surface area contributed by atoms with Gasteiger partial charge in [-0.2, -0.15) is 5.26 Å². The first-order valence-electron chi connectivity index (χ1n) is 6.66. The first-order valence-corrected chi connectivity index (χ1v) is 7.42. The summed E-state index contributed by atoms with van der Waals surface area (Å²) in [5.74, 6) is -0.0337. The molecule has 0 spiro atoms. The number of amides is 1. The van der Waals surface area contributed by atoms with Gasteiger partial charge in [-0.1, -0.05) is 41.4 Å². The maximum absolute atomic E-state index is 12.3. The molecule has 0 bridgehead atoms. The van der Waals surface area contributed by atoms with Gasteiger partial charge < -0.3 is 4.90 Å². The maximum atomic E-state index is 12.3. The molecule has 0 saturated carbocycles. The molecule has 0 aliphatic rings. The van der Waals surface area contributed by atoms with Gasteiger partial charge in [-0.05, 0) is 35.4 Å². The molecule has 0 radical (unpaired) electrons. The Morgan fingerprint density at radius 1 is 1.18 bits per heavy atom. The van der Waals surface area contributed by atoms with Crippen molar-refractivity contribution in [1.29, 1.82) is 5.26 Å². The van der Waals surface area contributed by atoms with Crippen LogP contribution in [0.2, 0.25) is 10.0 Å². The number of hydrogen-bond donors (Lipinski definition) is 0. The number of benzene rings is 2. The molecule has 0 unspecified atom stereocenters. The summed E-state index contributed by atoms with van der Waals surface area (Å²) in [5.41, 5.74) is 2.32. The molecule has 0 fully saturated rings. The molecule has 0 aliphatic heterocycles. The molecule has 3 nitrogen and oxygen atoms in total. The Morgan fingerprint density at radius 2 is 1.86 bits per heavy atom. The van der Waals surface area contributed by atoms with Gasteiger partial charge in [-0.25, -0.2) is 0 Å². The summed E-state index contributed by atoms with van der Waals surface area (Å²) in [6.07, 6.45) is 0.225. The molecule has 22 heavy (non-hydrogen) atoms. The van der Waals surface area contributed by atoms with Gasteiger partial charge in [0.1, 0.15) is 0 Å². The van der Waals surface area contributed by atoms with Crippen LogP contribution in [0, 0.1) is 11.3 Å². The lowest BCUT2D eigenvalue weighted by Gasteiger charge is -2.18. The Hall–Kier alpha value is -2.02. The van der Waals surface area contributed by atoms with E-state index in [0.29, 0.717) is 22.2 Å². The molecule has 0 atom stereocenters. The maximum Gasteiger partial charge on any atom is 0.227 e. The third kappa shape index (κ3) is 4.24. The number of carbonyl (C=O) groups excluding carboxylic acids is 1. The summed E-state index contributed by atoms with van der Waals surface area (Å²) < 4.78 is 0. The summed E-state index contributed by atoms with van der Waals surface area (Å²) in [6.45, 7) is 0.482. The van der Waals surface area contributed by atoms with Crippen molar-refractivity contribution in [3.8, 4) is 6.07 Å². The van der Waals surface area contributed by atoms with Crippen LogP contribution in [0.4, 0.5) is 0 Å². The highest BCUT2D eigenvalue weighted by atomic mass is 35.5. The van der Waals surface area contributed by atoms with E-state index in [0.717, 1.165) is 11.1 Å². The van der Waals surface area contributed by atoms with Crippen LogP contribution in [0.3, 0.4) is 0 Å². The lowest BCUT2D eigenvalue weighted by atomic mass is 10.1. The van der Waals surface area contributed by atoms with Crippen molar-refractivity contribution >= 4 is 29.1 Å². The Bertz CT molecular complexity index is 720. The summed E-state index contributed by atoms with van der Waals surface area (Å²) in [5, 5.41) is 9.81. The van der Waals surface area contributed by atoms with Gasteiger partial charge in [0, 0.05) is 23.6 Å². The second-order valence-electron chi connectivity index (χ2n) is 4.97. The van der Waals surface area contributed by atoms with Gasteiger partial charge in [0.05, 0.1) is 18.1 Å². The number of carbonyl (C=O) groups is 1. The fourth-order valence-electron chi connectivity index (χ4n) is 2.01. The minimum Gasteiger partial charge on any atom is -0.341 e. The SMILES string of the molecule is CN(Cc1ccc(C#N)cc1)C(=O)Cc1ccc(Cl)cc1Cl. The smallest absolute Gasteiger partial charge is 0.227 e. The van der Waals surface area contributed by atoms with Gasteiger partial charge in [-0.3, -0.25) is 4.79 Å². The number of hydrogen-bond acceptors (Lipinski definition) is 2. The summed E-state index contributed by atoms with van der Waals surface area (Å²) in [6, 6.07) is 14.3. The number of nitrogens with zero attached hydrogens (tertiary/aromatic N) is 2. The zero-order valence-corrected chi connectivity index (χ0v) is 13.5. The van der Waals surface area contributed by atoms with E-state index in [4.69, 9.17) is 28.5 Å². The highest BCUT2D eigenvalue weighted by Gasteiger charge is 2.12. The Labute approximate surface area is 139 Å². The minimum absolute atomic E-state index is 0.0337. The van der Waals surface area contributed by atoms with Crippen molar-refractivity contribution in [1.82, 2.24) is 4.90 Å². The normalized spacial score (nSPS) is 10.1. The van der Waals surface area contributed by atoms with E-state index in [9.17, 15) is 4.79 Å². The first-order chi connectivity index (χ1) is 10.5. The lowest BCUT2D eigenvalue weighted by Crippen LogP contribution is -2.27. The summed E-state index contributed by atoms with van der Waals surface area (Å²) >= 11 is 11.9. The fraction of sp³-hybridized carbons (Fsp3) is 0.176. The van der Waals surface area contributed by atoms with Crippen LogP contribution >= 0.6 is 23.2 Å². The second-order valence-corrected chi connectivity index (χ2v) is 5.81. The standard InChI is InChI=1S/C17H14Cl2N2O/c1-21(11-13-4-2-12(10-20)3-5-13)17(22)8-14-6-7-15(18)9-16(14)19/h2-7,9H,8,11H2,1H3. The largest absolute Gasteiger partial charge is 0.341 e. The molecule has 5 heteroatoms. The van der Waals surface area contributed by atoms with E-state index in [1.807, 2.05) is 12.1 Å². The summed E-state index contributed by atoms with van der Waals surface area (Å²) in [4.78, 5) is 13.9. The molecule has 1 amide bonds. The molecule has 0 heterocycles. The van der Waals surface area contributed by atoms with Crippen molar-refractivity contribution in [3.05, 3.63) is 69.2 Å². The quantitative estimate of drug-likeness (QED) is 0.847. The lowest BCUT2D eigenvalue weighted by molar-refractivity contribution is -0.129. The highest BCUT2D eigenvalue weighted by molar-refractivity contribution is 6.35. The van der Waals surface area contributed by atoms with E-state index in [2.05, 4.69) is 6.07 Å². The number of halogens is 2. The van der Waals surface area contributed by atoms with Gasteiger partial charge in [0.2, 0.25) is 5.91 Å². The fourth-order valence-corrected chi connectivity index (χ4v) is 2.48. The van der Waals surface area contributed by atoms with E-state index >= 15 is 0 Å². The zero-order valence-electron chi connectivity index (χ0n) is 12.0. The third-order valence-corrected chi connectivity index (χ3v) is 3.87. The van der Waals surface area contributed by atoms with E-state index in [-0.39, 0.29) is 12.3 Å². The molecular formula is C17H14Cl2N2O. The Kier molecular flexibility index (Phi) is 5.43. The molecular weight excluding hydrogens is 319 g/mol. The second kappa shape index (κ2) is 7.31. The third-order valence-electron chi connectivity index (χ3n) is 3.29. The van der Waals surface area contributed by atoms with E-state index in [1.54, 1.807) is 42.3 Å². The van der Waals surface area contributed by atoms with Crippen LogP contribution in [0.1, 0.15) is 16.7 Å². The Morgan fingerprint density at radius 3 is 2.45 bits per heavy atom. The first kappa shape index (κ1) is 16.4. The van der Waals surface area contributed by atoms with Crippen molar-refractivity contribution in [2.24, 2.45) is 0 Å². The van der Waals surface area contributed by atoms with Crippen molar-refractivity contribution in [2.75, 3.05) is 7.05 Å².